The van der Waals surface area contributed by atoms with Crippen LogP contribution in [0.4, 0.5) is 17.3 Å². The molecule has 2 saturated heterocycles. The van der Waals surface area contributed by atoms with E-state index in [0.717, 1.165) is 24.1 Å². The molecule has 11 nitrogen and oxygen atoms in total. The molecule has 2 fully saturated rings. The summed E-state index contributed by atoms with van der Waals surface area (Å²) in [5.41, 5.74) is 16.0. The average molecular weight is 586 g/mol. The van der Waals surface area contributed by atoms with Gasteiger partial charge in [-0.2, -0.15) is 4.99 Å². The minimum absolute atomic E-state index is 0.0117. The summed E-state index contributed by atoms with van der Waals surface area (Å²) in [6, 6.07) is 14.5. The first-order valence-corrected chi connectivity index (χ1v) is 14.3. The van der Waals surface area contributed by atoms with Gasteiger partial charge in [-0.15, -0.1) is 0 Å². The van der Waals surface area contributed by atoms with Crippen LogP contribution in [0.15, 0.2) is 52.4 Å². The Morgan fingerprint density at radius 1 is 1.10 bits per heavy atom. The van der Waals surface area contributed by atoms with Crippen LogP contribution in [0.1, 0.15) is 62.7 Å². The minimum atomic E-state index is -0.683. The molecular formula is C30H32ClN9O2. The maximum Gasteiger partial charge on any atom is 0.302 e. The zero-order chi connectivity index (χ0) is 29.4. The lowest BCUT2D eigenvalue weighted by molar-refractivity contribution is 0.0670. The number of likely N-dealkylation sites (tertiary alicyclic amines) is 1. The summed E-state index contributed by atoms with van der Waals surface area (Å²) in [5.74, 6) is -0.375. The number of carbonyl (C=O) groups excluding carboxylic acids is 2. The van der Waals surface area contributed by atoms with Gasteiger partial charge in [-0.1, -0.05) is 53.6 Å². The molecule has 1 unspecified atom stereocenters. The number of nitrogens with one attached hydrogen (secondary N) is 2. The van der Waals surface area contributed by atoms with Crippen molar-refractivity contribution in [2.45, 2.75) is 44.1 Å². The van der Waals surface area contributed by atoms with Crippen LogP contribution in [0.25, 0.3) is 0 Å². The molecule has 2 aromatic carbocycles. The van der Waals surface area contributed by atoms with Crippen molar-refractivity contribution in [1.29, 1.82) is 0 Å². The minimum Gasteiger partial charge on any atom is -0.382 e. The molecule has 12 heteroatoms. The Bertz CT molecular complexity index is 1610. The number of nitrogens with two attached hydrogens (primary N) is 2. The largest absolute Gasteiger partial charge is 0.382 e. The number of aliphatic imine (C=N–C) groups is 2. The predicted octanol–water partition coefficient (Wildman–Crippen LogP) is 3.40. The Morgan fingerprint density at radius 3 is 2.62 bits per heavy atom. The summed E-state index contributed by atoms with van der Waals surface area (Å²) in [7, 11) is 0. The Hall–Kier alpha value is -4.51. The highest BCUT2D eigenvalue weighted by Crippen LogP contribution is 2.38. The molecule has 1 aromatic heterocycles. The molecule has 0 radical (unpaired) electrons. The summed E-state index contributed by atoms with van der Waals surface area (Å²) in [6.45, 7) is 3.78. The van der Waals surface area contributed by atoms with Crippen LogP contribution < -0.4 is 22.1 Å². The van der Waals surface area contributed by atoms with Crippen molar-refractivity contribution in [3.63, 3.8) is 0 Å². The van der Waals surface area contributed by atoms with Crippen molar-refractivity contribution < 1.29 is 9.59 Å². The van der Waals surface area contributed by atoms with Crippen LogP contribution in [0.3, 0.4) is 0 Å². The molecule has 3 aromatic rings. The Kier molecular flexibility index (Phi) is 7.28. The van der Waals surface area contributed by atoms with Crippen LogP contribution in [0.5, 0.6) is 0 Å². The van der Waals surface area contributed by atoms with Crippen LogP contribution in [0, 0.1) is 6.92 Å². The highest BCUT2D eigenvalue weighted by atomic mass is 35.5. The van der Waals surface area contributed by atoms with E-state index in [2.05, 4.69) is 62.8 Å². The molecule has 6 N–H and O–H groups in total. The van der Waals surface area contributed by atoms with Gasteiger partial charge < -0.3 is 27.0 Å². The van der Waals surface area contributed by atoms with Crippen LogP contribution in [0.2, 0.25) is 5.15 Å². The number of piperidine rings is 1. The highest BCUT2D eigenvalue weighted by Gasteiger charge is 2.41. The second-order valence-electron chi connectivity index (χ2n) is 11.1. The third-order valence-electron chi connectivity index (χ3n) is 8.25. The number of aryl methyl sites for hydroxylation is 2. The second-order valence-corrected chi connectivity index (χ2v) is 11.5. The fraction of sp³-hybridized carbons (Fsp3) is 0.333. The van der Waals surface area contributed by atoms with Gasteiger partial charge in [-0.3, -0.25) is 14.6 Å². The van der Waals surface area contributed by atoms with Gasteiger partial charge in [-0.05, 0) is 49.8 Å². The SMILES string of the molecule is Cc1ccc(CCC2C=Nc3c(C(=O)N4CCC5(CC4)CN/C(=N\C(=O)c4nc(Cl)c(N)nc4N)N5)cccc32)cc1. The monoisotopic (exact) mass is 585 g/mol. The number of halogens is 1. The normalized spacial score (nSPS) is 19.5. The number of anilines is 2. The zero-order valence-electron chi connectivity index (χ0n) is 23.2. The van der Waals surface area contributed by atoms with Crippen molar-refractivity contribution in [3.8, 4) is 0 Å². The van der Waals surface area contributed by atoms with E-state index in [-0.39, 0.29) is 39.8 Å². The fourth-order valence-electron chi connectivity index (χ4n) is 5.75. The van der Waals surface area contributed by atoms with E-state index < -0.39 is 5.91 Å². The van der Waals surface area contributed by atoms with Gasteiger partial charge in [0.1, 0.15) is 0 Å². The first-order valence-electron chi connectivity index (χ1n) is 14.0. The number of rotatable bonds is 5. The summed E-state index contributed by atoms with van der Waals surface area (Å²) in [6.07, 6.45) is 5.25. The fourth-order valence-corrected chi connectivity index (χ4v) is 5.88. The smallest absolute Gasteiger partial charge is 0.302 e. The number of guanidine groups is 1. The number of benzene rings is 2. The Morgan fingerprint density at radius 2 is 1.86 bits per heavy atom. The summed E-state index contributed by atoms with van der Waals surface area (Å²) >= 11 is 5.90. The van der Waals surface area contributed by atoms with Gasteiger partial charge in [0.05, 0.1) is 16.8 Å². The van der Waals surface area contributed by atoms with Crippen LogP contribution in [-0.2, 0) is 6.42 Å². The maximum atomic E-state index is 13.6. The molecule has 3 aliphatic heterocycles. The number of aromatic nitrogens is 2. The summed E-state index contributed by atoms with van der Waals surface area (Å²) in [5, 5.41) is 6.38. The number of hydrogen-bond donors (Lipinski definition) is 4. The number of nitrogen functional groups attached to an aromatic ring is 2. The maximum absolute atomic E-state index is 13.6. The molecule has 216 valence electrons. The van der Waals surface area contributed by atoms with Gasteiger partial charge in [-0.25, -0.2) is 9.97 Å². The average Bonchev–Trinajstić information content (AvgIpc) is 3.58. The molecule has 42 heavy (non-hydrogen) atoms. The number of hydrogen-bond acceptors (Lipinski definition) is 7. The standard InChI is InChI=1S/C30H32ClN9O2/c1-17-5-7-18(8-6-17)9-10-19-15-34-22-20(19)3-2-4-21(22)28(42)40-13-11-30(12-14-40)16-35-29(39-30)38-27(41)23-25(32)37-26(33)24(31)36-23/h2-8,15,19H,9-14,16H2,1H3,(H4,32,33,37)(H2,35,38,39,41). The molecule has 6 rings (SSSR count). The van der Waals surface area contributed by atoms with E-state index in [1.165, 1.54) is 11.1 Å². The molecule has 0 aliphatic carbocycles. The van der Waals surface area contributed by atoms with Crippen molar-refractivity contribution in [2.75, 3.05) is 31.1 Å². The Balaban J connectivity index is 1.08. The van der Waals surface area contributed by atoms with Crippen LogP contribution in [-0.4, -0.2) is 64.0 Å². The van der Waals surface area contributed by atoms with Crippen molar-refractivity contribution >= 4 is 52.9 Å². The molecule has 4 heterocycles. The lowest BCUT2D eigenvalue weighted by Gasteiger charge is -2.38. The van der Waals surface area contributed by atoms with E-state index in [0.29, 0.717) is 44.0 Å². The van der Waals surface area contributed by atoms with Gasteiger partial charge in [0.15, 0.2) is 28.4 Å². The molecule has 3 aliphatic rings. The van der Waals surface area contributed by atoms with Crippen molar-refractivity contribution in [1.82, 2.24) is 25.5 Å². The molecule has 2 amide bonds. The van der Waals surface area contributed by atoms with Crippen molar-refractivity contribution in [2.24, 2.45) is 9.98 Å². The van der Waals surface area contributed by atoms with E-state index in [1.54, 1.807) is 0 Å². The molecule has 0 bridgehead atoms. The quantitative estimate of drug-likeness (QED) is 0.354. The van der Waals surface area contributed by atoms with Crippen molar-refractivity contribution in [3.05, 3.63) is 75.6 Å². The number of nitrogens with zero attached hydrogens (tertiary/aromatic N) is 5. The predicted molar refractivity (Wildman–Crippen MR) is 163 cm³/mol. The molecular weight excluding hydrogens is 554 g/mol. The Labute approximate surface area is 248 Å². The summed E-state index contributed by atoms with van der Waals surface area (Å²) in [4.78, 5) is 44.7. The van der Waals surface area contributed by atoms with Crippen LogP contribution >= 0.6 is 11.6 Å². The highest BCUT2D eigenvalue weighted by molar-refractivity contribution is 6.31. The first kappa shape index (κ1) is 27.6. The first-order chi connectivity index (χ1) is 20.2. The van der Waals surface area contributed by atoms with E-state index in [9.17, 15) is 9.59 Å². The van der Waals surface area contributed by atoms with Gasteiger partial charge in [0, 0.05) is 31.8 Å². The second kappa shape index (κ2) is 11.1. The lowest BCUT2D eigenvalue weighted by atomic mass is 9.88. The number of fused-ring (bicyclic) bond motifs is 1. The third-order valence-corrected chi connectivity index (χ3v) is 8.53. The summed E-state index contributed by atoms with van der Waals surface area (Å²) < 4.78 is 0. The lowest BCUT2D eigenvalue weighted by Crippen LogP contribution is -2.53. The van der Waals surface area contributed by atoms with Gasteiger partial charge in [0.25, 0.3) is 5.91 Å². The van der Waals surface area contributed by atoms with Gasteiger partial charge in [0.2, 0.25) is 0 Å². The number of para-hydroxylation sites is 1. The molecule has 1 atom stereocenters. The topological polar surface area (TPSA) is 164 Å². The number of carbonyl (C=O) groups is 2. The third kappa shape index (κ3) is 5.39. The van der Waals surface area contributed by atoms with E-state index in [1.807, 2.05) is 23.2 Å². The zero-order valence-corrected chi connectivity index (χ0v) is 24.0. The van der Waals surface area contributed by atoms with Gasteiger partial charge >= 0.3 is 5.91 Å². The molecule has 1 spiro atoms. The van der Waals surface area contributed by atoms with E-state index in [4.69, 9.17) is 28.1 Å². The number of amides is 2. The van der Waals surface area contributed by atoms with E-state index >= 15 is 0 Å². The molecule has 0 saturated carbocycles.